The Morgan fingerprint density at radius 1 is 1.53 bits per heavy atom. The fourth-order valence-electron chi connectivity index (χ4n) is 1.27. The van der Waals surface area contributed by atoms with E-state index in [4.69, 9.17) is 14.9 Å². The normalized spacial score (nSPS) is 13.2. The van der Waals surface area contributed by atoms with Crippen LogP contribution in [0.2, 0.25) is 0 Å². The van der Waals surface area contributed by atoms with E-state index >= 15 is 0 Å². The molecule has 0 radical (unpaired) electrons. The molecule has 8 nitrogen and oxygen atoms in total. The van der Waals surface area contributed by atoms with Crippen LogP contribution in [0, 0.1) is 0 Å². The molecule has 1 aromatic rings. The fraction of sp³-hybridized carbons (Fsp3) is 0.400. The van der Waals surface area contributed by atoms with E-state index in [1.807, 2.05) is 0 Å². The van der Waals surface area contributed by atoms with Crippen LogP contribution in [-0.4, -0.2) is 55.9 Å². The van der Waals surface area contributed by atoms with Gasteiger partial charge in [-0.15, -0.1) is 0 Å². The molecule has 0 aromatic carbocycles. The Hall–Kier alpha value is -1.55. The van der Waals surface area contributed by atoms with E-state index in [9.17, 15) is 13.2 Å². The molecule has 0 aliphatic carbocycles. The van der Waals surface area contributed by atoms with Gasteiger partial charge >= 0.3 is 5.97 Å². The van der Waals surface area contributed by atoms with Gasteiger partial charge in [0, 0.05) is 13.3 Å². The van der Waals surface area contributed by atoms with Gasteiger partial charge in [0.15, 0.2) is 5.03 Å². The van der Waals surface area contributed by atoms with E-state index in [0.29, 0.717) is 0 Å². The van der Waals surface area contributed by atoms with E-state index in [1.54, 1.807) is 0 Å². The first-order valence-corrected chi connectivity index (χ1v) is 6.70. The lowest BCUT2D eigenvalue weighted by Crippen LogP contribution is -2.40. The molecule has 9 heteroatoms. The van der Waals surface area contributed by atoms with Crippen LogP contribution in [-0.2, 0) is 14.8 Å². The van der Waals surface area contributed by atoms with Crippen molar-refractivity contribution in [2.75, 3.05) is 20.3 Å². The van der Waals surface area contributed by atoms with Crippen molar-refractivity contribution in [2.24, 2.45) is 0 Å². The highest BCUT2D eigenvalue weighted by atomic mass is 32.2. The number of sulfonamides is 1. The molecule has 0 spiro atoms. The number of hydrogen-bond acceptors (Lipinski definition) is 6. The van der Waals surface area contributed by atoms with Crippen LogP contribution >= 0.6 is 0 Å². The van der Waals surface area contributed by atoms with Gasteiger partial charge in [0.05, 0.1) is 24.8 Å². The number of ether oxygens (including phenoxy) is 1. The minimum absolute atomic E-state index is 0.00292. The highest BCUT2D eigenvalue weighted by Crippen LogP contribution is 2.07. The summed E-state index contributed by atoms with van der Waals surface area (Å²) in [6.45, 7) is -0.427. The Labute approximate surface area is 110 Å². The van der Waals surface area contributed by atoms with Crippen molar-refractivity contribution >= 4 is 16.0 Å². The number of rotatable bonds is 7. The maximum Gasteiger partial charge on any atom is 0.337 e. The number of aromatic nitrogens is 1. The molecule has 1 atom stereocenters. The SMILES string of the molecule is COCC(CO)NS(=O)(=O)c1ccc(C(=O)O)cn1. The lowest BCUT2D eigenvalue weighted by molar-refractivity contribution is 0.0696. The lowest BCUT2D eigenvalue weighted by Gasteiger charge is -2.14. The Morgan fingerprint density at radius 3 is 2.63 bits per heavy atom. The Bertz CT molecular complexity index is 527. The number of nitrogens with one attached hydrogen (secondary N) is 1. The molecule has 0 fully saturated rings. The van der Waals surface area contributed by atoms with Crippen molar-refractivity contribution in [3.05, 3.63) is 23.9 Å². The maximum absolute atomic E-state index is 11.9. The number of aliphatic hydroxyl groups is 1. The topological polar surface area (TPSA) is 126 Å². The van der Waals surface area contributed by atoms with Crippen LogP contribution in [0.4, 0.5) is 0 Å². The van der Waals surface area contributed by atoms with Gasteiger partial charge in [-0.05, 0) is 12.1 Å². The summed E-state index contributed by atoms with van der Waals surface area (Å²) in [7, 11) is -2.56. The lowest BCUT2D eigenvalue weighted by atomic mass is 10.3. The Kier molecular flexibility index (Phi) is 5.36. The largest absolute Gasteiger partial charge is 0.478 e. The van der Waals surface area contributed by atoms with Gasteiger partial charge < -0.3 is 14.9 Å². The van der Waals surface area contributed by atoms with Gasteiger partial charge in [0.1, 0.15) is 0 Å². The summed E-state index contributed by atoms with van der Waals surface area (Å²) in [5.41, 5.74) is -0.116. The second-order valence-electron chi connectivity index (χ2n) is 3.65. The maximum atomic E-state index is 11.9. The zero-order chi connectivity index (χ0) is 14.5. The monoisotopic (exact) mass is 290 g/mol. The first kappa shape index (κ1) is 15.5. The summed E-state index contributed by atoms with van der Waals surface area (Å²) in [4.78, 5) is 14.2. The molecule has 0 saturated heterocycles. The third kappa shape index (κ3) is 4.24. The number of hydrogen-bond donors (Lipinski definition) is 3. The minimum Gasteiger partial charge on any atom is -0.478 e. The van der Waals surface area contributed by atoms with Crippen LogP contribution in [0.1, 0.15) is 10.4 Å². The molecule has 19 heavy (non-hydrogen) atoms. The van der Waals surface area contributed by atoms with Crippen molar-refractivity contribution in [2.45, 2.75) is 11.1 Å². The predicted molar refractivity (Wildman–Crippen MR) is 64.3 cm³/mol. The Balaban J connectivity index is 2.90. The second-order valence-corrected chi connectivity index (χ2v) is 5.31. The highest BCUT2D eigenvalue weighted by molar-refractivity contribution is 7.89. The molecule has 0 aliphatic rings. The molecule has 0 saturated carbocycles. The van der Waals surface area contributed by atoms with Gasteiger partial charge in [-0.2, -0.15) is 0 Å². The smallest absolute Gasteiger partial charge is 0.337 e. The standard InChI is InChI=1S/C10H14N2O6S/c1-18-6-8(5-13)12-19(16,17)9-3-2-7(4-11-9)10(14)15/h2-4,8,12-13H,5-6H2,1H3,(H,14,15). The van der Waals surface area contributed by atoms with Crippen molar-refractivity contribution < 1.29 is 28.2 Å². The molecule has 1 aromatic heterocycles. The van der Waals surface area contributed by atoms with Gasteiger partial charge in [0.2, 0.25) is 0 Å². The Morgan fingerprint density at radius 2 is 2.21 bits per heavy atom. The van der Waals surface area contributed by atoms with Crippen molar-refractivity contribution in [3.63, 3.8) is 0 Å². The first-order valence-electron chi connectivity index (χ1n) is 5.22. The molecular weight excluding hydrogens is 276 g/mol. The second kappa shape index (κ2) is 6.57. The number of nitrogens with zero attached hydrogens (tertiary/aromatic N) is 1. The van der Waals surface area contributed by atoms with E-state index in [-0.39, 0.29) is 17.2 Å². The molecule has 1 unspecified atom stereocenters. The predicted octanol–water partition coefficient (Wildman–Crippen LogP) is -0.935. The van der Waals surface area contributed by atoms with E-state index in [2.05, 4.69) is 9.71 Å². The first-order chi connectivity index (χ1) is 8.90. The molecule has 0 aliphatic heterocycles. The van der Waals surface area contributed by atoms with Crippen LogP contribution < -0.4 is 4.72 Å². The molecule has 1 rings (SSSR count). The summed E-state index contributed by atoms with van der Waals surface area (Å²) in [5.74, 6) is -1.20. The van der Waals surface area contributed by atoms with Crippen LogP contribution in [0.15, 0.2) is 23.4 Å². The summed E-state index contributed by atoms with van der Waals surface area (Å²) in [6.07, 6.45) is 0.946. The molecular formula is C10H14N2O6S. The van der Waals surface area contributed by atoms with Crippen LogP contribution in [0.25, 0.3) is 0 Å². The fourth-order valence-corrected chi connectivity index (χ4v) is 2.41. The van der Waals surface area contributed by atoms with E-state index < -0.39 is 28.6 Å². The van der Waals surface area contributed by atoms with Gasteiger partial charge in [-0.3, -0.25) is 0 Å². The number of aliphatic hydroxyl groups excluding tert-OH is 1. The quantitative estimate of drug-likeness (QED) is 0.592. The van der Waals surface area contributed by atoms with E-state index in [1.165, 1.54) is 7.11 Å². The number of carboxylic acids is 1. The number of carbonyl (C=O) groups is 1. The third-order valence-corrected chi connectivity index (χ3v) is 3.60. The molecule has 0 amide bonds. The number of pyridine rings is 1. The van der Waals surface area contributed by atoms with Crippen molar-refractivity contribution in [1.29, 1.82) is 0 Å². The molecule has 106 valence electrons. The van der Waals surface area contributed by atoms with Crippen molar-refractivity contribution in [3.8, 4) is 0 Å². The average Bonchev–Trinajstić information content (AvgIpc) is 2.38. The summed E-state index contributed by atoms with van der Waals surface area (Å²) >= 11 is 0. The summed E-state index contributed by atoms with van der Waals surface area (Å²) in [5, 5.41) is 17.3. The highest BCUT2D eigenvalue weighted by Gasteiger charge is 2.21. The van der Waals surface area contributed by atoms with Crippen molar-refractivity contribution in [1.82, 2.24) is 9.71 Å². The van der Waals surface area contributed by atoms with Crippen LogP contribution in [0.3, 0.4) is 0 Å². The van der Waals surface area contributed by atoms with Gasteiger partial charge in [-0.25, -0.2) is 22.9 Å². The molecule has 3 N–H and O–H groups in total. The number of methoxy groups -OCH3 is 1. The molecule has 1 heterocycles. The van der Waals surface area contributed by atoms with Gasteiger partial charge in [0.25, 0.3) is 10.0 Å². The number of carboxylic acid groups (broad SMARTS) is 1. The third-order valence-electron chi connectivity index (χ3n) is 2.17. The molecule has 0 bridgehead atoms. The number of aromatic carboxylic acids is 1. The zero-order valence-corrected chi connectivity index (χ0v) is 10.9. The van der Waals surface area contributed by atoms with Crippen LogP contribution in [0.5, 0.6) is 0 Å². The summed E-state index contributed by atoms with van der Waals surface area (Å²) in [6, 6.07) is 1.41. The minimum atomic E-state index is -3.93. The van der Waals surface area contributed by atoms with Gasteiger partial charge in [-0.1, -0.05) is 0 Å². The average molecular weight is 290 g/mol. The summed E-state index contributed by atoms with van der Waals surface area (Å²) < 4.78 is 30.7. The zero-order valence-electron chi connectivity index (χ0n) is 10.1. The van der Waals surface area contributed by atoms with E-state index in [0.717, 1.165) is 18.3 Å².